The highest BCUT2D eigenvalue weighted by Gasteiger charge is 2.01. The molecule has 0 atom stereocenters. The van der Waals surface area contributed by atoms with E-state index >= 15 is 0 Å². The molecule has 7 nitrogen and oxygen atoms in total. The summed E-state index contributed by atoms with van der Waals surface area (Å²) in [4.78, 5) is 13.4. The van der Waals surface area contributed by atoms with Gasteiger partial charge in [-0.25, -0.2) is 4.79 Å². The van der Waals surface area contributed by atoms with Crippen molar-refractivity contribution in [3.8, 4) is 12.1 Å². The molecule has 0 bridgehead atoms. The van der Waals surface area contributed by atoms with Crippen LogP contribution in [0.4, 0.5) is 5.69 Å². The van der Waals surface area contributed by atoms with Crippen LogP contribution < -0.4 is 11.2 Å². The number of nitriles is 2. The minimum absolute atomic E-state index is 0.291. The Hall–Kier alpha value is -3.06. The first kappa shape index (κ1) is 10.5. The minimum atomic E-state index is -0.546. The van der Waals surface area contributed by atoms with E-state index in [0.29, 0.717) is 16.8 Å². The summed E-state index contributed by atoms with van der Waals surface area (Å²) >= 11 is 0. The van der Waals surface area contributed by atoms with Crippen LogP contribution in [-0.2, 0) is 0 Å². The second-order valence-corrected chi connectivity index (χ2v) is 3.02. The van der Waals surface area contributed by atoms with Crippen LogP contribution in [0, 0.1) is 22.7 Å². The van der Waals surface area contributed by atoms with Crippen LogP contribution in [0.15, 0.2) is 32.5 Å². The fourth-order valence-electron chi connectivity index (χ4n) is 1.21. The fourth-order valence-corrected chi connectivity index (χ4v) is 1.21. The topological polar surface area (TPSA) is 118 Å². The van der Waals surface area contributed by atoms with Crippen molar-refractivity contribution in [3.63, 3.8) is 0 Å². The van der Waals surface area contributed by atoms with Crippen LogP contribution in [0.2, 0.25) is 0 Å². The Morgan fingerprint density at radius 3 is 2.88 bits per heavy atom. The molecule has 0 saturated carbocycles. The average molecular weight is 227 g/mol. The molecule has 0 aliphatic rings. The molecule has 0 saturated heterocycles. The van der Waals surface area contributed by atoms with Gasteiger partial charge < -0.3 is 4.42 Å². The van der Waals surface area contributed by atoms with Gasteiger partial charge in [0.2, 0.25) is 5.71 Å². The fraction of sp³-hybridized carbons (Fsp3) is 0. The molecule has 2 N–H and O–H groups in total. The van der Waals surface area contributed by atoms with Gasteiger partial charge in [0.15, 0.2) is 5.58 Å². The molecule has 0 amide bonds. The molecule has 7 heteroatoms. The summed E-state index contributed by atoms with van der Waals surface area (Å²) in [6, 6.07) is 8.00. The van der Waals surface area contributed by atoms with Gasteiger partial charge in [0.1, 0.15) is 12.1 Å². The highest BCUT2D eigenvalue weighted by molar-refractivity contribution is 6.10. The highest BCUT2D eigenvalue weighted by atomic mass is 16.4. The average Bonchev–Trinajstić information content (AvgIpc) is 2.69. The van der Waals surface area contributed by atoms with Crippen molar-refractivity contribution in [1.82, 2.24) is 4.98 Å². The Bertz CT molecular complexity index is 709. The second kappa shape index (κ2) is 4.21. The molecular formula is C10H5N5O2. The summed E-state index contributed by atoms with van der Waals surface area (Å²) in [5.74, 6) is -0.546. The van der Waals surface area contributed by atoms with Crippen LogP contribution in [0.5, 0.6) is 0 Å². The van der Waals surface area contributed by atoms with Crippen LogP contribution in [0.1, 0.15) is 0 Å². The van der Waals surface area contributed by atoms with Crippen molar-refractivity contribution in [3.05, 3.63) is 28.7 Å². The van der Waals surface area contributed by atoms with Gasteiger partial charge >= 0.3 is 5.76 Å². The lowest BCUT2D eigenvalue weighted by atomic mass is 10.3. The van der Waals surface area contributed by atoms with Crippen LogP contribution >= 0.6 is 0 Å². The number of benzene rings is 1. The number of hydrogen-bond acceptors (Lipinski definition) is 6. The number of rotatable bonds is 2. The maximum Gasteiger partial charge on any atom is 0.417 e. The number of hydrogen-bond donors (Lipinski definition) is 2. The predicted octanol–water partition coefficient (Wildman–Crippen LogP) is 0.936. The van der Waals surface area contributed by atoms with Gasteiger partial charge in [-0.1, -0.05) is 0 Å². The van der Waals surface area contributed by atoms with Crippen LogP contribution in [0.25, 0.3) is 11.1 Å². The number of hydrazone groups is 1. The summed E-state index contributed by atoms with van der Waals surface area (Å²) in [7, 11) is 0. The van der Waals surface area contributed by atoms with Gasteiger partial charge in [-0.15, -0.1) is 0 Å². The number of H-pyrrole nitrogens is 1. The molecule has 1 aromatic heterocycles. The standard InChI is InChI=1S/C10H5N5O2/c11-4-7(5-12)15-14-6-1-2-8-9(3-6)17-10(16)13-8/h1-3,14H,(H,13,16). The van der Waals surface area contributed by atoms with Crippen molar-refractivity contribution in [2.24, 2.45) is 5.10 Å². The zero-order valence-electron chi connectivity index (χ0n) is 8.39. The van der Waals surface area contributed by atoms with E-state index in [1.807, 2.05) is 0 Å². The van der Waals surface area contributed by atoms with E-state index in [2.05, 4.69) is 15.5 Å². The number of aromatic nitrogens is 1. The smallest absolute Gasteiger partial charge is 0.408 e. The molecular weight excluding hydrogens is 222 g/mol. The molecule has 0 aliphatic carbocycles. The summed E-state index contributed by atoms with van der Waals surface area (Å²) < 4.78 is 4.84. The van der Waals surface area contributed by atoms with Gasteiger partial charge in [0.05, 0.1) is 11.2 Å². The molecule has 17 heavy (non-hydrogen) atoms. The van der Waals surface area contributed by atoms with Crippen molar-refractivity contribution in [2.45, 2.75) is 0 Å². The first-order valence-electron chi connectivity index (χ1n) is 4.49. The third-order valence-electron chi connectivity index (χ3n) is 1.93. The summed E-state index contributed by atoms with van der Waals surface area (Å²) in [5, 5.41) is 20.5. The number of nitrogens with one attached hydrogen (secondary N) is 2. The maximum absolute atomic E-state index is 10.9. The van der Waals surface area contributed by atoms with Gasteiger partial charge in [-0.05, 0) is 12.1 Å². The molecule has 0 fully saturated rings. The number of aromatic amines is 1. The number of fused-ring (bicyclic) bond motifs is 1. The lowest BCUT2D eigenvalue weighted by molar-refractivity contribution is 0.555. The quantitative estimate of drug-likeness (QED) is 0.584. The van der Waals surface area contributed by atoms with Crippen molar-refractivity contribution < 1.29 is 4.42 Å². The molecule has 0 aliphatic heterocycles. The van der Waals surface area contributed by atoms with E-state index in [1.54, 1.807) is 24.3 Å². The molecule has 0 radical (unpaired) electrons. The summed E-state index contributed by atoms with van der Waals surface area (Å²) in [5.41, 5.74) is 3.65. The molecule has 2 aromatic rings. The lowest BCUT2D eigenvalue weighted by Crippen LogP contribution is -1.95. The first-order chi connectivity index (χ1) is 8.22. The maximum atomic E-state index is 10.9. The van der Waals surface area contributed by atoms with Crippen molar-refractivity contribution >= 4 is 22.5 Å². The molecule has 1 heterocycles. The van der Waals surface area contributed by atoms with Crippen LogP contribution in [0.3, 0.4) is 0 Å². The largest absolute Gasteiger partial charge is 0.417 e. The SMILES string of the molecule is N#CC(C#N)=NNc1ccc2[nH]c(=O)oc2c1. The lowest BCUT2D eigenvalue weighted by Gasteiger charge is -1.97. The van der Waals surface area contributed by atoms with Crippen LogP contribution in [-0.4, -0.2) is 10.7 Å². The normalized spacial score (nSPS) is 9.29. The van der Waals surface area contributed by atoms with E-state index < -0.39 is 5.76 Å². The third-order valence-corrected chi connectivity index (χ3v) is 1.93. The van der Waals surface area contributed by atoms with Crippen molar-refractivity contribution in [1.29, 1.82) is 10.5 Å². The molecule has 0 spiro atoms. The number of nitrogens with zero attached hydrogens (tertiary/aromatic N) is 3. The Balaban J connectivity index is 2.32. The highest BCUT2D eigenvalue weighted by Crippen LogP contribution is 2.16. The van der Waals surface area contributed by atoms with E-state index in [9.17, 15) is 4.79 Å². The monoisotopic (exact) mass is 227 g/mol. The Kier molecular flexibility index (Phi) is 2.59. The Morgan fingerprint density at radius 1 is 1.41 bits per heavy atom. The Morgan fingerprint density at radius 2 is 2.18 bits per heavy atom. The summed E-state index contributed by atoms with van der Waals surface area (Å²) in [6.07, 6.45) is 0. The van der Waals surface area contributed by atoms with Crippen molar-refractivity contribution in [2.75, 3.05) is 5.43 Å². The van der Waals surface area contributed by atoms with E-state index in [1.165, 1.54) is 6.07 Å². The number of anilines is 1. The first-order valence-corrected chi connectivity index (χ1v) is 4.49. The van der Waals surface area contributed by atoms with Gasteiger partial charge in [0.25, 0.3) is 0 Å². The zero-order valence-corrected chi connectivity index (χ0v) is 8.39. The van der Waals surface area contributed by atoms with E-state index in [-0.39, 0.29) is 5.71 Å². The minimum Gasteiger partial charge on any atom is -0.408 e. The molecule has 82 valence electrons. The molecule has 0 unspecified atom stereocenters. The van der Waals surface area contributed by atoms with Gasteiger partial charge in [-0.2, -0.15) is 15.6 Å². The predicted molar refractivity (Wildman–Crippen MR) is 59.1 cm³/mol. The zero-order chi connectivity index (χ0) is 12.3. The third kappa shape index (κ3) is 2.13. The Labute approximate surface area is 94.6 Å². The summed E-state index contributed by atoms with van der Waals surface area (Å²) in [6.45, 7) is 0. The second-order valence-electron chi connectivity index (χ2n) is 3.02. The molecule has 2 rings (SSSR count). The number of oxazole rings is 1. The van der Waals surface area contributed by atoms with Gasteiger partial charge in [-0.3, -0.25) is 10.4 Å². The van der Waals surface area contributed by atoms with E-state index in [0.717, 1.165) is 0 Å². The van der Waals surface area contributed by atoms with Gasteiger partial charge in [0, 0.05) is 6.07 Å². The van der Waals surface area contributed by atoms with E-state index in [4.69, 9.17) is 14.9 Å². The molecule has 1 aromatic carbocycles.